The number of hydrogen-bond acceptors (Lipinski definition) is 5. The SMILES string of the molecule is CCN(CCCCS(=O)(=O)O)c1ccc(S(=O)(=O)O)cc1C(C)C. The summed E-state index contributed by atoms with van der Waals surface area (Å²) >= 11 is 0. The van der Waals surface area contributed by atoms with Crippen LogP contribution in [0.5, 0.6) is 0 Å². The molecule has 9 heteroatoms. The summed E-state index contributed by atoms with van der Waals surface area (Å²) in [6, 6.07) is 4.48. The van der Waals surface area contributed by atoms with Crippen LogP contribution in [0.1, 0.15) is 45.1 Å². The second-order valence-corrected chi connectivity index (χ2v) is 8.92. The van der Waals surface area contributed by atoms with Crippen LogP contribution in [0.4, 0.5) is 5.69 Å². The van der Waals surface area contributed by atoms with Gasteiger partial charge in [-0.15, -0.1) is 0 Å². The fourth-order valence-electron chi connectivity index (χ4n) is 2.48. The van der Waals surface area contributed by atoms with Crippen molar-refractivity contribution in [3.8, 4) is 0 Å². The highest BCUT2D eigenvalue weighted by atomic mass is 32.2. The maximum absolute atomic E-state index is 11.3. The predicted molar refractivity (Wildman–Crippen MR) is 93.9 cm³/mol. The molecular formula is C15H25NO6S2. The third-order valence-electron chi connectivity index (χ3n) is 3.72. The van der Waals surface area contributed by atoms with Crippen LogP contribution in [0.3, 0.4) is 0 Å². The average Bonchev–Trinajstić information content (AvgIpc) is 2.44. The van der Waals surface area contributed by atoms with E-state index in [9.17, 15) is 21.4 Å². The molecule has 0 atom stereocenters. The maximum atomic E-state index is 11.3. The number of hydrogen-bond donors (Lipinski definition) is 2. The molecule has 24 heavy (non-hydrogen) atoms. The summed E-state index contributed by atoms with van der Waals surface area (Å²) in [5.41, 5.74) is 1.65. The minimum atomic E-state index is -4.26. The van der Waals surface area contributed by atoms with E-state index in [-0.39, 0.29) is 16.6 Å². The topological polar surface area (TPSA) is 112 Å². The minimum absolute atomic E-state index is 0.0496. The van der Waals surface area contributed by atoms with E-state index in [2.05, 4.69) is 0 Å². The van der Waals surface area contributed by atoms with Gasteiger partial charge in [-0.3, -0.25) is 9.11 Å². The van der Waals surface area contributed by atoms with Crippen LogP contribution in [-0.2, 0) is 20.2 Å². The second kappa shape index (κ2) is 8.28. The molecule has 1 aromatic carbocycles. The lowest BCUT2D eigenvalue weighted by Crippen LogP contribution is -2.26. The number of anilines is 1. The molecule has 7 nitrogen and oxygen atoms in total. The first-order chi connectivity index (χ1) is 11.0. The van der Waals surface area contributed by atoms with Crippen LogP contribution in [0.2, 0.25) is 0 Å². The zero-order valence-electron chi connectivity index (χ0n) is 14.1. The summed E-state index contributed by atoms with van der Waals surface area (Å²) in [5.74, 6) is -0.225. The number of benzene rings is 1. The molecule has 0 aliphatic heterocycles. The highest BCUT2D eigenvalue weighted by Crippen LogP contribution is 2.30. The molecule has 0 aromatic heterocycles. The quantitative estimate of drug-likeness (QED) is 0.501. The Hall–Kier alpha value is -1.16. The Morgan fingerprint density at radius 3 is 2.17 bits per heavy atom. The lowest BCUT2D eigenvalue weighted by atomic mass is 10.00. The Kier molecular flexibility index (Phi) is 7.21. The lowest BCUT2D eigenvalue weighted by Gasteiger charge is -2.27. The van der Waals surface area contributed by atoms with Crippen LogP contribution in [0, 0.1) is 0 Å². The molecule has 1 aromatic rings. The summed E-state index contributed by atoms with van der Waals surface area (Å²) in [6.07, 6.45) is 0.917. The zero-order chi connectivity index (χ0) is 18.5. The van der Waals surface area contributed by atoms with Crippen LogP contribution in [0.15, 0.2) is 23.1 Å². The number of rotatable bonds is 9. The predicted octanol–water partition coefficient (Wildman–Crippen LogP) is 2.55. The molecule has 0 unspecified atom stereocenters. The van der Waals surface area contributed by atoms with Crippen molar-refractivity contribution in [3.05, 3.63) is 23.8 Å². The zero-order valence-corrected chi connectivity index (χ0v) is 15.8. The molecule has 1 rings (SSSR count). The van der Waals surface area contributed by atoms with Crippen molar-refractivity contribution in [3.63, 3.8) is 0 Å². The van der Waals surface area contributed by atoms with E-state index in [1.807, 2.05) is 25.7 Å². The van der Waals surface area contributed by atoms with Gasteiger partial charge in [0.1, 0.15) is 0 Å². The third kappa shape index (κ3) is 6.39. The smallest absolute Gasteiger partial charge is 0.294 e. The van der Waals surface area contributed by atoms with Crippen molar-refractivity contribution in [1.29, 1.82) is 0 Å². The normalized spacial score (nSPS) is 12.6. The fraction of sp³-hybridized carbons (Fsp3) is 0.600. The van der Waals surface area contributed by atoms with Gasteiger partial charge in [0.2, 0.25) is 0 Å². The highest BCUT2D eigenvalue weighted by molar-refractivity contribution is 7.86. The lowest BCUT2D eigenvalue weighted by molar-refractivity contribution is 0.479. The Labute approximate surface area is 144 Å². The first kappa shape index (κ1) is 20.9. The minimum Gasteiger partial charge on any atom is -0.372 e. The first-order valence-electron chi connectivity index (χ1n) is 7.77. The van der Waals surface area contributed by atoms with Crippen molar-refractivity contribution in [1.82, 2.24) is 0 Å². The van der Waals surface area contributed by atoms with Crippen LogP contribution >= 0.6 is 0 Å². The molecule has 0 bridgehead atoms. The van der Waals surface area contributed by atoms with Gasteiger partial charge in [0.15, 0.2) is 0 Å². The average molecular weight is 380 g/mol. The van der Waals surface area contributed by atoms with Gasteiger partial charge in [-0.2, -0.15) is 16.8 Å². The maximum Gasteiger partial charge on any atom is 0.294 e. The van der Waals surface area contributed by atoms with Gasteiger partial charge < -0.3 is 4.90 Å². The molecule has 0 radical (unpaired) electrons. The van der Waals surface area contributed by atoms with E-state index >= 15 is 0 Å². The van der Waals surface area contributed by atoms with Crippen molar-refractivity contribution in [2.45, 2.75) is 44.4 Å². The summed E-state index contributed by atoms with van der Waals surface area (Å²) in [5, 5.41) is 0. The van der Waals surface area contributed by atoms with Gasteiger partial charge in [0, 0.05) is 18.8 Å². The number of unbranched alkanes of at least 4 members (excludes halogenated alkanes) is 1. The standard InChI is InChI=1S/C15H25NO6S2/c1-4-16(9-5-6-10-23(17,18)19)15-8-7-13(24(20,21)22)11-14(15)12(2)3/h7-8,11-12H,4-6,9-10H2,1-3H3,(H,17,18,19)(H,20,21,22). The first-order valence-corrected chi connectivity index (χ1v) is 10.8. The van der Waals surface area contributed by atoms with Crippen LogP contribution in [-0.4, -0.2) is 44.8 Å². The molecule has 2 N–H and O–H groups in total. The second-order valence-electron chi connectivity index (χ2n) is 5.92. The van der Waals surface area contributed by atoms with E-state index in [0.29, 0.717) is 25.9 Å². The molecule has 0 aliphatic rings. The van der Waals surface area contributed by atoms with Crippen molar-refractivity contribution in [2.75, 3.05) is 23.7 Å². The van der Waals surface area contributed by atoms with E-state index in [1.54, 1.807) is 6.07 Å². The molecule has 0 fully saturated rings. The van der Waals surface area contributed by atoms with Gasteiger partial charge >= 0.3 is 0 Å². The molecule has 0 amide bonds. The van der Waals surface area contributed by atoms with E-state index < -0.39 is 20.2 Å². The molecule has 0 aliphatic carbocycles. The molecule has 0 heterocycles. The van der Waals surface area contributed by atoms with Gasteiger partial charge in [0.25, 0.3) is 20.2 Å². The number of nitrogens with zero attached hydrogens (tertiary/aromatic N) is 1. The summed E-state index contributed by atoms with van der Waals surface area (Å²) in [4.78, 5) is 1.88. The largest absolute Gasteiger partial charge is 0.372 e. The van der Waals surface area contributed by atoms with Crippen molar-refractivity contribution < 1.29 is 25.9 Å². The van der Waals surface area contributed by atoms with E-state index in [0.717, 1.165) is 11.3 Å². The van der Waals surface area contributed by atoms with Gasteiger partial charge in [-0.05, 0) is 49.4 Å². The molecule has 138 valence electrons. The Morgan fingerprint density at radius 1 is 1.08 bits per heavy atom. The monoisotopic (exact) mass is 379 g/mol. The Morgan fingerprint density at radius 2 is 1.71 bits per heavy atom. The van der Waals surface area contributed by atoms with Gasteiger partial charge in [-0.25, -0.2) is 0 Å². The van der Waals surface area contributed by atoms with E-state index in [1.165, 1.54) is 12.1 Å². The Bertz CT molecular complexity index is 756. The van der Waals surface area contributed by atoms with Crippen molar-refractivity contribution >= 4 is 25.9 Å². The summed E-state index contributed by atoms with van der Waals surface area (Å²) in [6.45, 7) is 7.05. The summed E-state index contributed by atoms with van der Waals surface area (Å²) in [7, 11) is -8.21. The van der Waals surface area contributed by atoms with Crippen LogP contribution in [0.25, 0.3) is 0 Å². The Balaban J connectivity index is 2.99. The fourth-order valence-corrected chi connectivity index (χ4v) is 3.56. The molecular weight excluding hydrogens is 354 g/mol. The highest BCUT2D eigenvalue weighted by Gasteiger charge is 2.17. The third-order valence-corrected chi connectivity index (χ3v) is 5.38. The van der Waals surface area contributed by atoms with Gasteiger partial charge in [0.05, 0.1) is 10.6 Å². The summed E-state index contributed by atoms with van der Waals surface area (Å²) < 4.78 is 62.1. The van der Waals surface area contributed by atoms with Crippen LogP contribution < -0.4 is 4.90 Å². The van der Waals surface area contributed by atoms with Crippen molar-refractivity contribution in [2.24, 2.45) is 0 Å². The molecule has 0 saturated carbocycles. The van der Waals surface area contributed by atoms with E-state index in [4.69, 9.17) is 4.55 Å². The molecule has 0 saturated heterocycles. The molecule has 0 spiro atoms. The van der Waals surface area contributed by atoms with Gasteiger partial charge in [-0.1, -0.05) is 13.8 Å².